The predicted molar refractivity (Wildman–Crippen MR) is 108 cm³/mol. The third-order valence-corrected chi connectivity index (χ3v) is 5.52. The summed E-state index contributed by atoms with van der Waals surface area (Å²) in [6.45, 7) is 0. The Balaban J connectivity index is 1.83. The first-order valence-corrected chi connectivity index (χ1v) is 9.53. The normalized spacial score (nSPS) is 15.2. The maximum absolute atomic E-state index is 14.9. The van der Waals surface area contributed by atoms with Gasteiger partial charge in [-0.1, -0.05) is 12.1 Å². The van der Waals surface area contributed by atoms with E-state index in [-0.39, 0.29) is 5.82 Å². The molecule has 0 radical (unpaired) electrons. The second kappa shape index (κ2) is 6.94. The van der Waals surface area contributed by atoms with Gasteiger partial charge >= 0.3 is 0 Å². The van der Waals surface area contributed by atoms with Gasteiger partial charge in [-0.15, -0.1) is 0 Å². The van der Waals surface area contributed by atoms with Crippen LogP contribution in [0.3, 0.4) is 0 Å². The largest absolute Gasteiger partial charge is 0.478 e. The van der Waals surface area contributed by atoms with Crippen LogP contribution >= 0.6 is 0 Å². The van der Waals surface area contributed by atoms with Crippen LogP contribution in [0, 0.1) is 17.1 Å². The van der Waals surface area contributed by atoms with Gasteiger partial charge in [-0.2, -0.15) is 5.26 Å². The number of aliphatic hydroxyl groups is 1. The molecule has 1 atom stereocenters. The zero-order chi connectivity index (χ0) is 20.8. The van der Waals surface area contributed by atoms with Crippen molar-refractivity contribution in [2.24, 2.45) is 0 Å². The molecule has 2 aromatic heterocycles. The molecule has 0 saturated heterocycles. The van der Waals surface area contributed by atoms with Crippen LogP contribution in [0.5, 0.6) is 5.88 Å². The summed E-state index contributed by atoms with van der Waals surface area (Å²) >= 11 is 0. The lowest BCUT2D eigenvalue weighted by atomic mass is 9.98. The highest BCUT2D eigenvalue weighted by molar-refractivity contribution is 5.82. The highest BCUT2D eigenvalue weighted by atomic mass is 19.1. The van der Waals surface area contributed by atoms with Crippen molar-refractivity contribution in [2.45, 2.75) is 18.9 Å². The Morgan fingerprint density at radius 2 is 2.03 bits per heavy atom. The van der Waals surface area contributed by atoms with Crippen LogP contribution in [0.2, 0.25) is 0 Å². The summed E-state index contributed by atoms with van der Waals surface area (Å²) in [7, 11) is 1.52. The first-order valence-electron chi connectivity index (χ1n) is 9.53. The van der Waals surface area contributed by atoms with Crippen LogP contribution in [0.4, 0.5) is 4.39 Å². The van der Waals surface area contributed by atoms with E-state index in [0.717, 1.165) is 5.56 Å². The molecule has 4 aromatic rings. The van der Waals surface area contributed by atoms with Crippen molar-refractivity contribution in [1.29, 1.82) is 5.26 Å². The molecule has 1 aliphatic carbocycles. The average Bonchev–Trinajstić information content (AvgIpc) is 3.40. The standard InChI is InChI=1S/C23H17FN4O2/c1-30-23-22-26-8-9-28(22)21(20(27-23)14-4-2-13(12-25)3-5-14)15-10-17-16(18(24)11-15)6-7-19(17)29/h2-5,8-11,19,29H,6-7H2,1H3. The van der Waals surface area contributed by atoms with Crippen molar-refractivity contribution in [3.8, 4) is 34.5 Å². The molecule has 1 aliphatic rings. The van der Waals surface area contributed by atoms with Gasteiger partial charge in [-0.25, -0.2) is 14.4 Å². The number of methoxy groups -OCH3 is 1. The molecular formula is C23H17FN4O2. The number of nitriles is 1. The van der Waals surface area contributed by atoms with Crippen LogP contribution in [0.25, 0.3) is 28.2 Å². The van der Waals surface area contributed by atoms with E-state index in [2.05, 4.69) is 16.0 Å². The topological polar surface area (TPSA) is 83.4 Å². The lowest BCUT2D eigenvalue weighted by Gasteiger charge is -2.16. The maximum atomic E-state index is 14.9. The minimum atomic E-state index is -0.683. The Kier molecular flexibility index (Phi) is 4.23. The van der Waals surface area contributed by atoms with Gasteiger partial charge in [-0.05, 0) is 48.2 Å². The van der Waals surface area contributed by atoms with E-state index in [1.54, 1.807) is 36.7 Å². The summed E-state index contributed by atoms with van der Waals surface area (Å²) in [5.74, 6) is -0.00121. The minimum Gasteiger partial charge on any atom is -0.478 e. The van der Waals surface area contributed by atoms with Gasteiger partial charge in [0, 0.05) is 23.5 Å². The number of fused-ring (bicyclic) bond motifs is 2. The van der Waals surface area contributed by atoms with Gasteiger partial charge in [0.25, 0.3) is 5.88 Å². The molecule has 5 rings (SSSR count). The second-order valence-electron chi connectivity index (χ2n) is 7.21. The first kappa shape index (κ1) is 18.3. The van der Waals surface area contributed by atoms with Gasteiger partial charge < -0.3 is 9.84 Å². The SMILES string of the molecule is COc1nc(-c2ccc(C#N)cc2)c(-c2cc(F)c3c(c2)C(O)CC3)n2ccnc12. The molecule has 2 aromatic carbocycles. The van der Waals surface area contributed by atoms with Crippen LogP contribution in [0.1, 0.15) is 29.2 Å². The van der Waals surface area contributed by atoms with E-state index in [4.69, 9.17) is 10.00 Å². The van der Waals surface area contributed by atoms with Crippen molar-refractivity contribution in [1.82, 2.24) is 14.4 Å². The van der Waals surface area contributed by atoms with E-state index in [1.165, 1.54) is 13.2 Å². The molecule has 30 heavy (non-hydrogen) atoms. The zero-order valence-electron chi connectivity index (χ0n) is 16.1. The predicted octanol–water partition coefficient (Wildman–Crippen LogP) is 4.06. The number of nitrogens with zero attached hydrogens (tertiary/aromatic N) is 4. The van der Waals surface area contributed by atoms with Crippen LogP contribution in [-0.4, -0.2) is 26.6 Å². The molecule has 7 heteroatoms. The summed E-state index contributed by atoms with van der Waals surface area (Å²) in [5.41, 5.74) is 4.75. The first-order chi connectivity index (χ1) is 14.6. The Morgan fingerprint density at radius 1 is 1.23 bits per heavy atom. The Hall–Kier alpha value is -3.76. The molecule has 2 heterocycles. The van der Waals surface area contributed by atoms with Gasteiger partial charge in [0.15, 0.2) is 0 Å². The summed E-state index contributed by atoms with van der Waals surface area (Å²) in [5, 5.41) is 19.4. The number of ether oxygens (including phenoxy) is 1. The molecule has 1 unspecified atom stereocenters. The molecule has 0 amide bonds. The number of hydrogen-bond donors (Lipinski definition) is 1. The summed E-state index contributed by atoms with van der Waals surface area (Å²) in [6.07, 6.45) is 3.75. The fourth-order valence-corrected chi connectivity index (χ4v) is 4.07. The molecule has 0 fully saturated rings. The number of hydrogen-bond acceptors (Lipinski definition) is 5. The zero-order valence-corrected chi connectivity index (χ0v) is 16.1. The van der Waals surface area contributed by atoms with Gasteiger partial charge in [0.2, 0.25) is 5.65 Å². The monoisotopic (exact) mass is 400 g/mol. The maximum Gasteiger partial charge on any atom is 0.258 e. The molecule has 0 saturated carbocycles. The number of benzene rings is 2. The molecule has 0 spiro atoms. The smallest absolute Gasteiger partial charge is 0.258 e. The number of aliphatic hydroxyl groups excluding tert-OH is 1. The quantitative estimate of drug-likeness (QED) is 0.561. The fourth-order valence-electron chi connectivity index (χ4n) is 4.07. The second-order valence-corrected chi connectivity index (χ2v) is 7.21. The van der Waals surface area contributed by atoms with E-state index in [9.17, 15) is 9.50 Å². The highest BCUT2D eigenvalue weighted by Gasteiger charge is 2.26. The fraction of sp³-hybridized carbons (Fsp3) is 0.174. The van der Waals surface area contributed by atoms with Crippen molar-refractivity contribution in [3.05, 3.63) is 71.3 Å². The molecule has 148 valence electrons. The lowest BCUT2D eigenvalue weighted by Crippen LogP contribution is -2.04. The molecule has 0 aliphatic heterocycles. The number of imidazole rings is 1. The summed E-state index contributed by atoms with van der Waals surface area (Å²) in [4.78, 5) is 9.00. The molecule has 0 bridgehead atoms. The van der Waals surface area contributed by atoms with E-state index in [1.807, 2.05) is 10.5 Å². The van der Waals surface area contributed by atoms with E-state index in [0.29, 0.717) is 58.0 Å². The van der Waals surface area contributed by atoms with Crippen LogP contribution in [-0.2, 0) is 6.42 Å². The van der Waals surface area contributed by atoms with Crippen molar-refractivity contribution >= 4 is 5.65 Å². The number of aromatic nitrogens is 3. The third kappa shape index (κ3) is 2.73. The van der Waals surface area contributed by atoms with Crippen molar-refractivity contribution < 1.29 is 14.2 Å². The lowest BCUT2D eigenvalue weighted by molar-refractivity contribution is 0.180. The Bertz CT molecular complexity index is 1320. The molecule has 6 nitrogen and oxygen atoms in total. The minimum absolute atomic E-state index is 0.338. The van der Waals surface area contributed by atoms with E-state index < -0.39 is 6.10 Å². The Morgan fingerprint density at radius 3 is 2.77 bits per heavy atom. The number of halogens is 1. The molecular weight excluding hydrogens is 383 g/mol. The van der Waals surface area contributed by atoms with Crippen LogP contribution in [0.15, 0.2) is 48.8 Å². The third-order valence-electron chi connectivity index (χ3n) is 5.52. The molecule has 1 N–H and O–H groups in total. The van der Waals surface area contributed by atoms with Gasteiger partial charge in [0.05, 0.1) is 36.2 Å². The summed E-state index contributed by atoms with van der Waals surface area (Å²) in [6, 6.07) is 12.4. The van der Waals surface area contributed by atoms with Gasteiger partial charge in [-0.3, -0.25) is 4.40 Å². The van der Waals surface area contributed by atoms with Crippen LogP contribution < -0.4 is 4.74 Å². The van der Waals surface area contributed by atoms with Gasteiger partial charge in [0.1, 0.15) is 5.82 Å². The number of rotatable bonds is 3. The Labute approximate surface area is 171 Å². The highest BCUT2D eigenvalue weighted by Crippen LogP contribution is 2.40. The summed E-state index contributed by atoms with van der Waals surface area (Å²) < 4.78 is 22.1. The average molecular weight is 400 g/mol. The van der Waals surface area contributed by atoms with Crippen molar-refractivity contribution in [2.75, 3.05) is 7.11 Å². The van der Waals surface area contributed by atoms with E-state index >= 15 is 0 Å². The van der Waals surface area contributed by atoms with Crippen molar-refractivity contribution in [3.63, 3.8) is 0 Å².